The van der Waals surface area contributed by atoms with E-state index in [9.17, 15) is 8.78 Å². The van der Waals surface area contributed by atoms with Crippen LogP contribution in [0.15, 0.2) is 30.3 Å². The molecule has 0 unspecified atom stereocenters. The molecule has 2 aromatic rings. The molecule has 8 heteroatoms. The smallest absolute Gasteiger partial charge is 0.203 e. The lowest BCUT2D eigenvalue weighted by atomic mass is 10.1. The molecule has 1 fully saturated rings. The average molecular weight is 429 g/mol. The Morgan fingerprint density at radius 2 is 1.55 bits per heavy atom. The van der Waals surface area contributed by atoms with Crippen molar-refractivity contribution in [2.45, 2.75) is 6.42 Å². The molecule has 0 radical (unpaired) electrons. The number of anilines is 1. The molecule has 0 bridgehead atoms. The van der Waals surface area contributed by atoms with Gasteiger partial charge in [0, 0.05) is 12.5 Å². The Bertz CT molecular complexity index is 790. The fourth-order valence-corrected chi connectivity index (χ4v) is 3.65. The van der Waals surface area contributed by atoms with Gasteiger partial charge in [-0.25, -0.2) is 8.78 Å². The third-order valence-electron chi connectivity index (χ3n) is 5.21. The lowest BCUT2D eigenvalue weighted by Gasteiger charge is -2.33. The predicted octanol–water partition coefficient (Wildman–Crippen LogP) is -1.06. The van der Waals surface area contributed by atoms with Crippen molar-refractivity contribution in [3.05, 3.63) is 47.5 Å². The van der Waals surface area contributed by atoms with Crippen molar-refractivity contribution in [2.75, 3.05) is 59.0 Å². The van der Waals surface area contributed by atoms with Gasteiger partial charge in [0.1, 0.15) is 11.6 Å². The molecule has 1 aliphatic heterocycles. The zero-order chi connectivity index (χ0) is 20.1. The van der Waals surface area contributed by atoms with E-state index in [1.807, 2.05) is 17.0 Å². The van der Waals surface area contributed by atoms with E-state index in [2.05, 4.69) is 0 Å². The van der Waals surface area contributed by atoms with E-state index in [4.69, 9.17) is 14.2 Å². The SMILES string of the molecule is COc1cc(CC[NH+]2CCN(c3ccc(F)cc3F)CC2)cc(OC)c1OC.[Cl-]. The first-order valence-corrected chi connectivity index (χ1v) is 9.38. The Hall–Kier alpha value is -2.25. The molecule has 0 aromatic heterocycles. The van der Waals surface area contributed by atoms with Crippen LogP contribution in [-0.4, -0.2) is 54.1 Å². The Balaban J connectivity index is 0.00000300. The van der Waals surface area contributed by atoms with Crippen LogP contribution < -0.4 is 36.4 Å². The summed E-state index contributed by atoms with van der Waals surface area (Å²) >= 11 is 0. The first-order chi connectivity index (χ1) is 13.5. The maximum atomic E-state index is 14.0. The summed E-state index contributed by atoms with van der Waals surface area (Å²) in [6.07, 6.45) is 0.872. The Morgan fingerprint density at radius 1 is 0.931 bits per heavy atom. The lowest BCUT2D eigenvalue weighted by Crippen LogP contribution is -3.15. The van der Waals surface area contributed by atoms with Gasteiger partial charge in [0.25, 0.3) is 0 Å². The van der Waals surface area contributed by atoms with Gasteiger partial charge in [0.15, 0.2) is 11.5 Å². The lowest BCUT2D eigenvalue weighted by molar-refractivity contribution is -0.900. The molecule has 0 amide bonds. The fourth-order valence-electron chi connectivity index (χ4n) is 3.65. The summed E-state index contributed by atoms with van der Waals surface area (Å²) in [6, 6.07) is 7.72. The number of methoxy groups -OCH3 is 3. The van der Waals surface area contributed by atoms with Crippen molar-refractivity contribution in [1.82, 2.24) is 0 Å². The summed E-state index contributed by atoms with van der Waals surface area (Å²) in [5.74, 6) is 0.861. The number of halogens is 3. The second-order valence-electron chi connectivity index (χ2n) is 6.87. The highest BCUT2D eigenvalue weighted by Gasteiger charge is 2.22. The van der Waals surface area contributed by atoms with Gasteiger partial charge in [-0.15, -0.1) is 0 Å². The third-order valence-corrected chi connectivity index (χ3v) is 5.21. The minimum atomic E-state index is -0.546. The molecule has 1 heterocycles. The second-order valence-corrected chi connectivity index (χ2v) is 6.87. The van der Waals surface area contributed by atoms with E-state index < -0.39 is 11.6 Å². The van der Waals surface area contributed by atoms with Gasteiger partial charge in [-0.1, -0.05) is 0 Å². The zero-order valence-corrected chi connectivity index (χ0v) is 17.7. The van der Waals surface area contributed by atoms with Gasteiger partial charge < -0.3 is 36.4 Å². The summed E-state index contributed by atoms with van der Waals surface area (Å²) in [7, 11) is 4.81. The first kappa shape index (κ1) is 23.0. The molecule has 1 saturated heterocycles. The van der Waals surface area contributed by atoms with Crippen LogP contribution in [0.5, 0.6) is 17.2 Å². The maximum absolute atomic E-state index is 14.0. The van der Waals surface area contributed by atoms with Gasteiger partial charge in [0.05, 0.1) is 59.7 Å². The van der Waals surface area contributed by atoms with Gasteiger partial charge >= 0.3 is 0 Å². The van der Waals surface area contributed by atoms with Gasteiger partial charge in [-0.2, -0.15) is 0 Å². The molecular formula is C21H27ClF2N2O3. The molecule has 29 heavy (non-hydrogen) atoms. The maximum Gasteiger partial charge on any atom is 0.203 e. The standard InChI is InChI=1S/C21H26F2N2O3.ClH/c1-26-19-12-15(13-20(27-2)21(19)28-3)6-7-24-8-10-25(11-9-24)18-5-4-16(22)14-17(18)23;/h4-5,12-14H,6-11H2,1-3H3;1H. The number of benzene rings is 2. The van der Waals surface area contributed by atoms with Crippen molar-refractivity contribution in [3.63, 3.8) is 0 Å². The van der Waals surface area contributed by atoms with Crippen molar-refractivity contribution >= 4 is 5.69 Å². The molecule has 1 aliphatic rings. The summed E-state index contributed by atoms with van der Waals surface area (Å²) in [5.41, 5.74) is 1.60. The number of nitrogens with one attached hydrogen (secondary N) is 1. The molecule has 3 rings (SSSR count). The number of quaternary nitrogens is 1. The largest absolute Gasteiger partial charge is 1.00 e. The van der Waals surface area contributed by atoms with Crippen molar-refractivity contribution < 1.29 is 40.3 Å². The second kappa shape index (κ2) is 10.5. The van der Waals surface area contributed by atoms with Crippen molar-refractivity contribution in [3.8, 4) is 17.2 Å². The van der Waals surface area contributed by atoms with Crippen LogP contribution in [0, 0.1) is 11.6 Å². The van der Waals surface area contributed by atoms with E-state index >= 15 is 0 Å². The van der Waals surface area contributed by atoms with Crippen LogP contribution in [-0.2, 0) is 6.42 Å². The normalized spacial score (nSPS) is 14.3. The molecule has 0 atom stereocenters. The van der Waals surface area contributed by atoms with E-state index in [0.29, 0.717) is 22.9 Å². The molecule has 2 aromatic carbocycles. The minimum Gasteiger partial charge on any atom is -1.00 e. The quantitative estimate of drug-likeness (QED) is 0.610. The van der Waals surface area contributed by atoms with Crippen LogP contribution in [0.3, 0.4) is 0 Å². The predicted molar refractivity (Wildman–Crippen MR) is 104 cm³/mol. The number of hydrogen-bond donors (Lipinski definition) is 1. The highest BCUT2D eigenvalue weighted by molar-refractivity contribution is 5.54. The summed E-state index contributed by atoms with van der Waals surface area (Å²) in [5, 5.41) is 0. The highest BCUT2D eigenvalue weighted by Crippen LogP contribution is 2.38. The van der Waals surface area contributed by atoms with Crippen LogP contribution in [0.4, 0.5) is 14.5 Å². The van der Waals surface area contributed by atoms with Crippen molar-refractivity contribution in [1.29, 1.82) is 0 Å². The van der Waals surface area contributed by atoms with Crippen LogP contribution in [0.25, 0.3) is 0 Å². The summed E-state index contributed by atoms with van der Waals surface area (Å²) < 4.78 is 43.3. The molecule has 160 valence electrons. The molecule has 5 nitrogen and oxygen atoms in total. The van der Waals surface area contributed by atoms with E-state index in [-0.39, 0.29) is 12.4 Å². The number of hydrogen-bond acceptors (Lipinski definition) is 4. The van der Waals surface area contributed by atoms with Crippen LogP contribution >= 0.6 is 0 Å². The molecule has 0 aliphatic carbocycles. The molecule has 1 N–H and O–H groups in total. The molecular weight excluding hydrogens is 402 g/mol. The summed E-state index contributed by atoms with van der Waals surface area (Å²) in [4.78, 5) is 3.44. The third kappa shape index (κ3) is 5.42. The molecule has 0 spiro atoms. The first-order valence-electron chi connectivity index (χ1n) is 9.38. The van der Waals surface area contributed by atoms with Crippen LogP contribution in [0.1, 0.15) is 5.56 Å². The Morgan fingerprint density at radius 3 is 2.07 bits per heavy atom. The zero-order valence-electron chi connectivity index (χ0n) is 16.9. The topological polar surface area (TPSA) is 35.4 Å². The van der Waals surface area contributed by atoms with Crippen LogP contribution in [0.2, 0.25) is 0 Å². The minimum absolute atomic E-state index is 0. The average Bonchev–Trinajstić information content (AvgIpc) is 2.72. The highest BCUT2D eigenvalue weighted by atomic mass is 35.5. The number of rotatable bonds is 7. The number of nitrogens with zero attached hydrogens (tertiary/aromatic N) is 1. The monoisotopic (exact) mass is 428 g/mol. The van der Waals surface area contributed by atoms with E-state index in [1.54, 1.807) is 21.3 Å². The van der Waals surface area contributed by atoms with E-state index in [0.717, 1.165) is 50.8 Å². The van der Waals surface area contributed by atoms with Gasteiger partial charge in [0.2, 0.25) is 5.75 Å². The fraction of sp³-hybridized carbons (Fsp3) is 0.429. The van der Waals surface area contributed by atoms with E-state index in [1.165, 1.54) is 17.0 Å². The van der Waals surface area contributed by atoms with Gasteiger partial charge in [-0.05, 0) is 29.8 Å². The summed E-state index contributed by atoms with van der Waals surface area (Å²) in [6.45, 7) is 4.25. The number of ether oxygens (including phenoxy) is 3. The van der Waals surface area contributed by atoms with Crippen molar-refractivity contribution in [2.24, 2.45) is 0 Å². The Kier molecular flexibility index (Phi) is 8.34. The van der Waals surface area contributed by atoms with Gasteiger partial charge in [-0.3, -0.25) is 0 Å². The Labute approximate surface area is 176 Å². The number of piperazine rings is 1. The molecule has 0 saturated carbocycles.